The molecule has 0 atom stereocenters. The van der Waals surface area contributed by atoms with Crippen molar-refractivity contribution in [1.29, 1.82) is 0 Å². The van der Waals surface area contributed by atoms with E-state index in [1.54, 1.807) is 29.7 Å². The molecule has 3 heterocycles. The predicted molar refractivity (Wildman–Crippen MR) is 89.6 cm³/mol. The molecule has 3 aromatic heterocycles. The third-order valence-electron chi connectivity index (χ3n) is 3.48. The molecule has 3 aromatic rings. The zero-order chi connectivity index (χ0) is 16.4. The fourth-order valence-corrected chi connectivity index (χ4v) is 3.80. The van der Waals surface area contributed by atoms with Gasteiger partial charge in [0.2, 0.25) is 11.8 Å². The summed E-state index contributed by atoms with van der Waals surface area (Å²) in [4.78, 5) is 21.6. The lowest BCUT2D eigenvalue weighted by Gasteiger charge is -2.16. The van der Waals surface area contributed by atoms with E-state index in [2.05, 4.69) is 21.5 Å². The summed E-state index contributed by atoms with van der Waals surface area (Å²) in [5.74, 6) is 0.685. The van der Waals surface area contributed by atoms with Crippen LogP contribution in [0.4, 0.5) is 0 Å². The van der Waals surface area contributed by atoms with E-state index in [0.29, 0.717) is 11.7 Å². The van der Waals surface area contributed by atoms with Gasteiger partial charge in [-0.15, -0.1) is 22.7 Å². The molecule has 0 radical (unpaired) electrons. The van der Waals surface area contributed by atoms with Gasteiger partial charge in [0.25, 0.3) is 0 Å². The molecular formula is C15H16N4O2S2. The first-order valence-corrected chi connectivity index (χ1v) is 8.80. The lowest BCUT2D eigenvalue weighted by Crippen LogP contribution is -2.22. The summed E-state index contributed by atoms with van der Waals surface area (Å²) < 4.78 is 5.36. The normalized spacial score (nSPS) is 11.6. The van der Waals surface area contributed by atoms with Crippen LogP contribution in [0.25, 0.3) is 9.88 Å². The first kappa shape index (κ1) is 15.8. The fraction of sp³-hybridized carbons (Fsp3) is 0.333. The second-order valence-electron chi connectivity index (χ2n) is 5.51. The van der Waals surface area contributed by atoms with Crippen molar-refractivity contribution >= 4 is 28.6 Å². The number of thiophene rings is 1. The van der Waals surface area contributed by atoms with Gasteiger partial charge in [-0.2, -0.15) is 4.98 Å². The Balaban J connectivity index is 1.85. The highest BCUT2D eigenvalue weighted by Gasteiger charge is 2.32. The van der Waals surface area contributed by atoms with Gasteiger partial charge in [-0.25, -0.2) is 4.98 Å². The number of hydrogen-bond acceptors (Lipinski definition) is 7. The number of carbonyl (C=O) groups excluding carboxylic acids is 1. The van der Waals surface area contributed by atoms with Crippen molar-refractivity contribution in [3.8, 4) is 9.88 Å². The summed E-state index contributed by atoms with van der Waals surface area (Å²) in [6.45, 7) is 3.97. The number of nitrogens with one attached hydrogen (secondary N) is 1. The van der Waals surface area contributed by atoms with Crippen LogP contribution in [0.2, 0.25) is 0 Å². The lowest BCUT2D eigenvalue weighted by molar-refractivity contribution is -0.120. The smallest absolute Gasteiger partial charge is 0.238 e. The van der Waals surface area contributed by atoms with E-state index in [9.17, 15) is 4.79 Å². The van der Waals surface area contributed by atoms with Gasteiger partial charge in [0.1, 0.15) is 5.01 Å². The van der Waals surface area contributed by atoms with Crippen molar-refractivity contribution in [2.45, 2.75) is 25.7 Å². The van der Waals surface area contributed by atoms with Gasteiger partial charge in [0, 0.05) is 12.4 Å². The maximum atomic E-state index is 11.4. The summed E-state index contributed by atoms with van der Waals surface area (Å²) in [6.07, 6.45) is 0.105. The number of carbonyl (C=O) groups is 1. The molecule has 120 valence electrons. The zero-order valence-electron chi connectivity index (χ0n) is 13.0. The average Bonchev–Trinajstić information content (AvgIpc) is 3.26. The number of rotatable bonds is 5. The van der Waals surface area contributed by atoms with Crippen LogP contribution in [0, 0.1) is 0 Å². The maximum Gasteiger partial charge on any atom is 0.238 e. The second kappa shape index (κ2) is 6.21. The quantitative estimate of drug-likeness (QED) is 0.767. The van der Waals surface area contributed by atoms with Crippen LogP contribution < -0.4 is 5.32 Å². The number of aromatic nitrogens is 3. The van der Waals surface area contributed by atoms with Crippen LogP contribution in [-0.2, 0) is 16.6 Å². The number of thiazole rings is 1. The van der Waals surface area contributed by atoms with E-state index in [1.165, 1.54) is 0 Å². The van der Waals surface area contributed by atoms with Gasteiger partial charge < -0.3 is 9.84 Å². The highest BCUT2D eigenvalue weighted by molar-refractivity contribution is 7.20. The van der Waals surface area contributed by atoms with Crippen molar-refractivity contribution in [2.24, 2.45) is 0 Å². The number of hydrogen-bond donors (Lipinski definition) is 1. The molecular weight excluding hydrogens is 332 g/mol. The Morgan fingerprint density at radius 2 is 2.17 bits per heavy atom. The van der Waals surface area contributed by atoms with Gasteiger partial charge in [-0.05, 0) is 25.3 Å². The molecule has 0 saturated heterocycles. The van der Waals surface area contributed by atoms with Crippen molar-refractivity contribution in [3.63, 3.8) is 0 Å². The van der Waals surface area contributed by atoms with E-state index >= 15 is 0 Å². The molecule has 0 bridgehead atoms. The van der Waals surface area contributed by atoms with Crippen molar-refractivity contribution in [2.75, 3.05) is 7.05 Å². The van der Waals surface area contributed by atoms with E-state index in [0.717, 1.165) is 15.6 Å². The lowest BCUT2D eigenvalue weighted by atomic mass is 9.90. The number of amides is 1. The highest BCUT2D eigenvalue weighted by atomic mass is 32.1. The molecule has 0 aliphatic rings. The first-order valence-electron chi connectivity index (χ1n) is 7.04. The van der Waals surface area contributed by atoms with Crippen LogP contribution in [-0.4, -0.2) is 28.1 Å². The van der Waals surface area contributed by atoms with Crippen LogP contribution >= 0.6 is 22.7 Å². The summed E-state index contributed by atoms with van der Waals surface area (Å²) in [6, 6.07) is 4.06. The minimum atomic E-state index is -0.514. The third-order valence-corrected chi connectivity index (χ3v) is 5.36. The van der Waals surface area contributed by atoms with Gasteiger partial charge in [-0.3, -0.25) is 4.79 Å². The molecule has 0 aromatic carbocycles. The Morgan fingerprint density at radius 1 is 1.35 bits per heavy atom. The Morgan fingerprint density at radius 3 is 2.87 bits per heavy atom. The van der Waals surface area contributed by atoms with Crippen molar-refractivity contribution in [3.05, 3.63) is 40.3 Å². The first-order chi connectivity index (χ1) is 11.0. The average molecular weight is 348 g/mol. The Bertz CT molecular complexity index is 805. The molecule has 1 N–H and O–H groups in total. The van der Waals surface area contributed by atoms with Crippen LogP contribution in [0.3, 0.4) is 0 Å². The van der Waals surface area contributed by atoms with Gasteiger partial charge >= 0.3 is 0 Å². The molecule has 0 fully saturated rings. The van der Waals surface area contributed by atoms with E-state index < -0.39 is 5.41 Å². The van der Waals surface area contributed by atoms with Gasteiger partial charge in [0.05, 0.1) is 22.4 Å². The Kier molecular flexibility index (Phi) is 4.27. The molecule has 23 heavy (non-hydrogen) atoms. The predicted octanol–water partition coefficient (Wildman–Crippen LogP) is 2.87. The molecule has 8 heteroatoms. The molecule has 0 unspecified atom stereocenters. The van der Waals surface area contributed by atoms with Crippen LogP contribution in [0.15, 0.2) is 27.4 Å². The molecule has 0 aliphatic carbocycles. The third kappa shape index (κ3) is 3.18. The maximum absolute atomic E-state index is 11.4. The SMILES string of the molecule is CNC(=O)Cc1noc(C(C)(C)c2csc(-c3cccs3)n2)n1. The van der Waals surface area contributed by atoms with E-state index in [1.807, 2.05) is 30.7 Å². The van der Waals surface area contributed by atoms with Gasteiger partial charge in [-0.1, -0.05) is 11.2 Å². The summed E-state index contributed by atoms with van der Waals surface area (Å²) in [5.41, 5.74) is 0.362. The molecule has 0 saturated carbocycles. The van der Waals surface area contributed by atoms with E-state index in [4.69, 9.17) is 9.51 Å². The number of nitrogens with zero attached hydrogens (tertiary/aromatic N) is 3. The summed E-state index contributed by atoms with van der Waals surface area (Å²) in [7, 11) is 1.58. The van der Waals surface area contributed by atoms with Crippen LogP contribution in [0.5, 0.6) is 0 Å². The topological polar surface area (TPSA) is 80.9 Å². The highest BCUT2D eigenvalue weighted by Crippen LogP contribution is 2.35. The molecule has 3 rings (SSSR count). The molecule has 0 spiro atoms. The van der Waals surface area contributed by atoms with Crippen LogP contribution in [0.1, 0.15) is 31.3 Å². The molecule has 1 amide bonds. The van der Waals surface area contributed by atoms with Crippen molar-refractivity contribution < 1.29 is 9.32 Å². The molecule has 6 nitrogen and oxygen atoms in total. The fourth-order valence-electron chi connectivity index (χ4n) is 2.00. The summed E-state index contributed by atoms with van der Waals surface area (Å²) >= 11 is 3.26. The molecule has 0 aliphatic heterocycles. The minimum Gasteiger partial charge on any atom is -0.359 e. The monoisotopic (exact) mass is 348 g/mol. The zero-order valence-corrected chi connectivity index (χ0v) is 14.6. The Hall–Kier alpha value is -2.06. The minimum absolute atomic E-state index is 0.105. The summed E-state index contributed by atoms with van der Waals surface area (Å²) in [5, 5.41) is 11.4. The largest absolute Gasteiger partial charge is 0.359 e. The number of likely N-dealkylation sites (N-methyl/N-ethyl adjacent to an activating group) is 1. The standard InChI is InChI=1S/C15H16N4O2S2/c1-15(2,14-18-11(19-21-14)7-12(20)16-3)10-8-23-13(17-10)9-5-4-6-22-9/h4-6,8H,7H2,1-3H3,(H,16,20). The Labute approximate surface area is 141 Å². The van der Waals surface area contributed by atoms with E-state index in [-0.39, 0.29) is 12.3 Å². The van der Waals surface area contributed by atoms with Gasteiger partial charge in [0.15, 0.2) is 5.82 Å². The second-order valence-corrected chi connectivity index (χ2v) is 7.31. The van der Waals surface area contributed by atoms with Crippen molar-refractivity contribution in [1.82, 2.24) is 20.4 Å².